The van der Waals surface area contributed by atoms with Gasteiger partial charge in [0.2, 0.25) is 5.91 Å². The highest BCUT2D eigenvalue weighted by atomic mass is 16.4. The SMILES string of the molecule is CC(CNC(=O)C(C)(C)N1CCNCC1)CC(=O)O. The number of nitrogens with zero attached hydrogens (tertiary/aromatic N) is 1. The van der Waals surface area contributed by atoms with Crippen molar-refractivity contribution < 1.29 is 14.7 Å². The third kappa shape index (κ3) is 4.80. The van der Waals surface area contributed by atoms with Crippen LogP contribution in [-0.4, -0.2) is 60.1 Å². The summed E-state index contributed by atoms with van der Waals surface area (Å²) in [4.78, 5) is 25.0. The summed E-state index contributed by atoms with van der Waals surface area (Å²) in [5.41, 5.74) is -0.551. The molecule has 110 valence electrons. The largest absolute Gasteiger partial charge is 0.481 e. The number of carboxylic acid groups (broad SMARTS) is 1. The molecule has 1 rings (SSSR count). The van der Waals surface area contributed by atoms with Gasteiger partial charge in [0.25, 0.3) is 0 Å². The molecule has 0 bridgehead atoms. The first kappa shape index (κ1) is 15.9. The minimum atomic E-state index is -0.830. The summed E-state index contributed by atoms with van der Waals surface area (Å²) < 4.78 is 0. The summed E-state index contributed by atoms with van der Waals surface area (Å²) in [5.74, 6) is -0.921. The Balaban J connectivity index is 2.44. The maximum Gasteiger partial charge on any atom is 0.303 e. The van der Waals surface area contributed by atoms with Crippen LogP contribution in [0.5, 0.6) is 0 Å². The van der Waals surface area contributed by atoms with Gasteiger partial charge in [0.05, 0.1) is 5.54 Å². The molecule has 0 aromatic heterocycles. The van der Waals surface area contributed by atoms with Crippen molar-refractivity contribution in [2.75, 3.05) is 32.7 Å². The average Bonchev–Trinajstić information content (AvgIpc) is 2.36. The number of amides is 1. The van der Waals surface area contributed by atoms with Crippen molar-refractivity contribution in [3.8, 4) is 0 Å². The fourth-order valence-electron chi connectivity index (χ4n) is 2.22. The number of rotatable bonds is 6. The van der Waals surface area contributed by atoms with E-state index in [4.69, 9.17) is 5.11 Å². The Labute approximate surface area is 114 Å². The number of nitrogens with one attached hydrogen (secondary N) is 2. The van der Waals surface area contributed by atoms with Gasteiger partial charge < -0.3 is 15.7 Å². The van der Waals surface area contributed by atoms with E-state index in [0.717, 1.165) is 26.2 Å². The molecule has 6 nitrogen and oxygen atoms in total. The average molecular weight is 271 g/mol. The van der Waals surface area contributed by atoms with E-state index in [9.17, 15) is 9.59 Å². The van der Waals surface area contributed by atoms with Crippen LogP contribution in [0.25, 0.3) is 0 Å². The van der Waals surface area contributed by atoms with E-state index in [2.05, 4.69) is 15.5 Å². The van der Waals surface area contributed by atoms with E-state index in [-0.39, 0.29) is 18.2 Å². The van der Waals surface area contributed by atoms with Gasteiger partial charge in [-0.05, 0) is 19.8 Å². The Bertz CT molecular complexity index is 325. The van der Waals surface area contributed by atoms with Crippen LogP contribution in [-0.2, 0) is 9.59 Å². The van der Waals surface area contributed by atoms with Crippen molar-refractivity contribution in [1.82, 2.24) is 15.5 Å². The molecule has 1 aliphatic rings. The lowest BCUT2D eigenvalue weighted by atomic mass is 9.99. The highest BCUT2D eigenvalue weighted by Crippen LogP contribution is 2.15. The molecule has 1 saturated heterocycles. The van der Waals surface area contributed by atoms with Gasteiger partial charge in [-0.2, -0.15) is 0 Å². The van der Waals surface area contributed by atoms with Crippen molar-refractivity contribution in [2.24, 2.45) is 5.92 Å². The van der Waals surface area contributed by atoms with E-state index in [1.165, 1.54) is 0 Å². The van der Waals surface area contributed by atoms with Gasteiger partial charge >= 0.3 is 5.97 Å². The van der Waals surface area contributed by atoms with Crippen molar-refractivity contribution in [3.63, 3.8) is 0 Å². The number of carbonyl (C=O) groups excluding carboxylic acids is 1. The molecule has 1 amide bonds. The highest BCUT2D eigenvalue weighted by molar-refractivity contribution is 5.85. The molecule has 0 radical (unpaired) electrons. The van der Waals surface area contributed by atoms with Gasteiger partial charge in [0.1, 0.15) is 0 Å². The zero-order valence-corrected chi connectivity index (χ0v) is 12.0. The molecular formula is C13H25N3O3. The molecule has 19 heavy (non-hydrogen) atoms. The van der Waals surface area contributed by atoms with Gasteiger partial charge in [-0.25, -0.2) is 0 Å². The normalized spacial score (nSPS) is 18.9. The first-order valence-electron chi connectivity index (χ1n) is 6.80. The van der Waals surface area contributed by atoms with Gasteiger partial charge in [-0.15, -0.1) is 0 Å². The molecule has 1 atom stereocenters. The number of piperazine rings is 1. The third-order valence-electron chi connectivity index (χ3n) is 3.60. The second kappa shape index (κ2) is 6.86. The van der Waals surface area contributed by atoms with Crippen LogP contribution >= 0.6 is 0 Å². The zero-order chi connectivity index (χ0) is 14.5. The molecule has 6 heteroatoms. The van der Waals surface area contributed by atoms with Crippen LogP contribution in [0.2, 0.25) is 0 Å². The van der Waals surface area contributed by atoms with Crippen LogP contribution in [0.3, 0.4) is 0 Å². The van der Waals surface area contributed by atoms with Crippen LogP contribution in [0.4, 0.5) is 0 Å². The molecule has 3 N–H and O–H groups in total. The van der Waals surface area contributed by atoms with Crippen LogP contribution in [0, 0.1) is 5.92 Å². The lowest BCUT2D eigenvalue weighted by Crippen LogP contribution is -2.60. The maximum absolute atomic E-state index is 12.2. The summed E-state index contributed by atoms with van der Waals surface area (Å²) in [7, 11) is 0. The zero-order valence-electron chi connectivity index (χ0n) is 12.0. The van der Waals surface area contributed by atoms with Crippen molar-refractivity contribution >= 4 is 11.9 Å². The topological polar surface area (TPSA) is 81.7 Å². The summed E-state index contributed by atoms with van der Waals surface area (Å²) in [6.45, 7) is 9.55. The van der Waals surface area contributed by atoms with E-state index in [1.54, 1.807) is 0 Å². The molecular weight excluding hydrogens is 246 g/mol. The lowest BCUT2D eigenvalue weighted by Gasteiger charge is -2.39. The predicted octanol–water partition coefficient (Wildman–Crippen LogP) is -0.103. The first-order valence-corrected chi connectivity index (χ1v) is 6.80. The smallest absolute Gasteiger partial charge is 0.303 e. The molecule has 1 heterocycles. The van der Waals surface area contributed by atoms with E-state index >= 15 is 0 Å². The standard InChI is InChI=1S/C13H25N3O3/c1-10(8-11(17)18)9-15-12(19)13(2,3)16-6-4-14-5-7-16/h10,14H,4-9H2,1-3H3,(H,15,19)(H,17,18). The summed E-state index contributed by atoms with van der Waals surface area (Å²) in [6.07, 6.45) is 0.0777. The maximum atomic E-state index is 12.2. The molecule has 1 fully saturated rings. The quantitative estimate of drug-likeness (QED) is 0.628. The van der Waals surface area contributed by atoms with Gasteiger partial charge in [-0.3, -0.25) is 14.5 Å². The number of carbonyl (C=O) groups is 2. The fourth-order valence-corrected chi connectivity index (χ4v) is 2.22. The van der Waals surface area contributed by atoms with Crippen molar-refractivity contribution in [1.29, 1.82) is 0 Å². The molecule has 1 unspecified atom stereocenters. The molecule has 0 aliphatic carbocycles. The second-order valence-electron chi connectivity index (χ2n) is 5.71. The van der Waals surface area contributed by atoms with Crippen LogP contribution < -0.4 is 10.6 Å². The predicted molar refractivity (Wildman–Crippen MR) is 72.9 cm³/mol. The number of hydrogen-bond donors (Lipinski definition) is 3. The molecule has 0 aromatic rings. The minimum Gasteiger partial charge on any atom is -0.481 e. The lowest BCUT2D eigenvalue weighted by molar-refractivity contribution is -0.138. The van der Waals surface area contributed by atoms with Crippen LogP contribution in [0.15, 0.2) is 0 Å². The van der Waals surface area contributed by atoms with Gasteiger partial charge in [-0.1, -0.05) is 6.92 Å². The Morgan fingerprint density at radius 1 is 1.37 bits per heavy atom. The summed E-state index contributed by atoms with van der Waals surface area (Å²) >= 11 is 0. The van der Waals surface area contributed by atoms with Gasteiger partial charge in [0, 0.05) is 39.1 Å². The van der Waals surface area contributed by atoms with E-state index < -0.39 is 11.5 Å². The number of carboxylic acids is 1. The third-order valence-corrected chi connectivity index (χ3v) is 3.60. The molecule has 0 spiro atoms. The second-order valence-corrected chi connectivity index (χ2v) is 5.71. The van der Waals surface area contributed by atoms with Crippen LogP contribution in [0.1, 0.15) is 27.2 Å². The summed E-state index contributed by atoms with van der Waals surface area (Å²) in [6, 6.07) is 0. The Morgan fingerprint density at radius 2 is 1.95 bits per heavy atom. The fraction of sp³-hybridized carbons (Fsp3) is 0.846. The van der Waals surface area contributed by atoms with Gasteiger partial charge in [0.15, 0.2) is 0 Å². The number of hydrogen-bond acceptors (Lipinski definition) is 4. The van der Waals surface area contributed by atoms with Crippen molar-refractivity contribution in [2.45, 2.75) is 32.7 Å². The highest BCUT2D eigenvalue weighted by Gasteiger charge is 2.35. The van der Waals surface area contributed by atoms with E-state index in [0.29, 0.717) is 6.54 Å². The molecule has 1 aliphatic heterocycles. The first-order chi connectivity index (χ1) is 8.84. The van der Waals surface area contributed by atoms with E-state index in [1.807, 2.05) is 20.8 Å². The number of aliphatic carboxylic acids is 1. The monoisotopic (exact) mass is 271 g/mol. The Morgan fingerprint density at radius 3 is 2.47 bits per heavy atom. The minimum absolute atomic E-state index is 0.0355. The summed E-state index contributed by atoms with van der Waals surface area (Å²) in [5, 5.41) is 14.8. The molecule has 0 saturated carbocycles. The van der Waals surface area contributed by atoms with Crippen molar-refractivity contribution in [3.05, 3.63) is 0 Å². The Hall–Kier alpha value is -1.14. The Kier molecular flexibility index (Phi) is 5.75. The molecule has 0 aromatic carbocycles.